The summed E-state index contributed by atoms with van der Waals surface area (Å²) in [6, 6.07) is 12.5. The van der Waals surface area contributed by atoms with Crippen LogP contribution in [0.2, 0.25) is 0 Å². The maximum absolute atomic E-state index is 11.9. The van der Waals surface area contributed by atoms with E-state index in [-0.39, 0.29) is 5.91 Å². The molecule has 0 saturated carbocycles. The number of hydrogen-bond acceptors (Lipinski definition) is 6. The van der Waals surface area contributed by atoms with E-state index in [1.807, 2.05) is 16.8 Å². The molecule has 26 heavy (non-hydrogen) atoms. The molecule has 4 aromatic rings. The molecule has 1 amide bonds. The third-order valence-electron chi connectivity index (χ3n) is 3.75. The highest BCUT2D eigenvalue weighted by Crippen LogP contribution is 2.24. The van der Waals surface area contributed by atoms with Crippen LogP contribution in [0.1, 0.15) is 10.4 Å². The number of carbonyl (C=O) groups is 1. The van der Waals surface area contributed by atoms with Crippen molar-refractivity contribution in [2.45, 2.75) is 0 Å². The molecule has 0 aliphatic heterocycles. The lowest BCUT2D eigenvalue weighted by atomic mass is 10.2. The Balaban J connectivity index is 1.61. The minimum Gasteiger partial charge on any atom is -0.438 e. The number of fused-ring (bicyclic) bond motifs is 1. The molecule has 0 N–H and O–H groups in total. The zero-order chi connectivity index (χ0) is 18.1. The van der Waals surface area contributed by atoms with E-state index in [0.29, 0.717) is 28.7 Å². The van der Waals surface area contributed by atoms with Crippen molar-refractivity contribution >= 4 is 22.9 Å². The van der Waals surface area contributed by atoms with Gasteiger partial charge in [0.1, 0.15) is 5.75 Å². The smallest absolute Gasteiger partial charge is 0.253 e. The van der Waals surface area contributed by atoms with Gasteiger partial charge in [-0.3, -0.25) is 4.79 Å². The van der Waals surface area contributed by atoms with Crippen LogP contribution in [0.3, 0.4) is 0 Å². The molecule has 0 atom stereocenters. The molecule has 0 aliphatic rings. The van der Waals surface area contributed by atoms with E-state index in [1.54, 1.807) is 66.3 Å². The Morgan fingerprint density at radius 2 is 1.88 bits per heavy atom. The van der Waals surface area contributed by atoms with Gasteiger partial charge in [0.15, 0.2) is 11.5 Å². The summed E-state index contributed by atoms with van der Waals surface area (Å²) < 4.78 is 7.47. The maximum Gasteiger partial charge on any atom is 0.253 e. The number of thiophene rings is 1. The number of ether oxygens (including phenoxy) is 1. The Labute approximate surface area is 153 Å². The molecule has 0 saturated heterocycles. The molecule has 8 heteroatoms. The monoisotopic (exact) mass is 365 g/mol. The molecule has 7 nitrogen and oxygen atoms in total. The van der Waals surface area contributed by atoms with Crippen LogP contribution in [0.15, 0.2) is 53.2 Å². The summed E-state index contributed by atoms with van der Waals surface area (Å²) in [5.74, 6) is 1.62. The quantitative estimate of drug-likeness (QED) is 0.555. The standard InChI is InChI=1S/C18H15N5O2S/c1-22(2)18(24)12-3-5-14(6-4-12)25-16-8-7-15-19-20-17(23(15)21-16)13-9-10-26-11-13/h3-11H,1-2H3. The highest BCUT2D eigenvalue weighted by atomic mass is 32.1. The summed E-state index contributed by atoms with van der Waals surface area (Å²) in [4.78, 5) is 13.5. The third-order valence-corrected chi connectivity index (χ3v) is 4.43. The fourth-order valence-corrected chi connectivity index (χ4v) is 3.08. The number of benzene rings is 1. The molecule has 130 valence electrons. The molecule has 0 aliphatic carbocycles. The summed E-state index contributed by atoms with van der Waals surface area (Å²) in [6.07, 6.45) is 0. The second-order valence-electron chi connectivity index (χ2n) is 5.80. The van der Waals surface area contributed by atoms with Gasteiger partial charge in [-0.25, -0.2) is 0 Å². The van der Waals surface area contributed by atoms with Gasteiger partial charge in [-0.1, -0.05) is 0 Å². The SMILES string of the molecule is CN(C)C(=O)c1ccc(Oc2ccc3nnc(-c4ccsc4)n3n2)cc1. The average molecular weight is 365 g/mol. The second kappa shape index (κ2) is 6.57. The van der Waals surface area contributed by atoms with Gasteiger partial charge in [0, 0.05) is 36.7 Å². The van der Waals surface area contributed by atoms with Crippen LogP contribution in [0.25, 0.3) is 17.0 Å². The molecular formula is C18H15N5O2S. The van der Waals surface area contributed by atoms with Gasteiger partial charge < -0.3 is 9.64 Å². The van der Waals surface area contributed by atoms with E-state index in [4.69, 9.17) is 4.74 Å². The summed E-state index contributed by atoms with van der Waals surface area (Å²) in [5.41, 5.74) is 2.20. The molecule has 0 bridgehead atoms. The molecule has 0 radical (unpaired) electrons. The fraction of sp³-hybridized carbons (Fsp3) is 0.111. The van der Waals surface area contributed by atoms with E-state index in [9.17, 15) is 4.79 Å². The number of amides is 1. The van der Waals surface area contributed by atoms with E-state index in [0.717, 1.165) is 5.56 Å². The zero-order valence-electron chi connectivity index (χ0n) is 14.2. The summed E-state index contributed by atoms with van der Waals surface area (Å²) in [6.45, 7) is 0. The number of rotatable bonds is 4. The molecule has 3 heterocycles. The second-order valence-corrected chi connectivity index (χ2v) is 6.58. The lowest BCUT2D eigenvalue weighted by Gasteiger charge is -2.10. The van der Waals surface area contributed by atoms with E-state index >= 15 is 0 Å². The highest BCUT2D eigenvalue weighted by Gasteiger charge is 2.12. The van der Waals surface area contributed by atoms with Crippen LogP contribution in [0, 0.1) is 0 Å². The van der Waals surface area contributed by atoms with E-state index in [2.05, 4.69) is 15.3 Å². The number of hydrogen-bond donors (Lipinski definition) is 0. The first-order valence-electron chi connectivity index (χ1n) is 7.86. The van der Waals surface area contributed by atoms with Crippen LogP contribution >= 0.6 is 11.3 Å². The Kier molecular flexibility index (Phi) is 4.10. The first kappa shape index (κ1) is 16.2. The average Bonchev–Trinajstić information content (AvgIpc) is 3.30. The highest BCUT2D eigenvalue weighted by molar-refractivity contribution is 7.08. The maximum atomic E-state index is 11.9. The van der Waals surface area contributed by atoms with Gasteiger partial charge in [0.25, 0.3) is 5.91 Å². The Hall–Kier alpha value is -3.26. The zero-order valence-corrected chi connectivity index (χ0v) is 15.0. The Bertz CT molecular complexity index is 1060. The fourth-order valence-electron chi connectivity index (χ4n) is 2.44. The largest absolute Gasteiger partial charge is 0.438 e. The predicted octanol–water partition coefficient (Wildman–Crippen LogP) is 3.35. The lowest BCUT2D eigenvalue weighted by Crippen LogP contribution is -2.21. The van der Waals surface area contributed by atoms with Gasteiger partial charge in [0.05, 0.1) is 0 Å². The predicted molar refractivity (Wildman–Crippen MR) is 98.6 cm³/mol. The van der Waals surface area contributed by atoms with Crippen molar-refractivity contribution in [3.05, 3.63) is 58.8 Å². The van der Waals surface area contributed by atoms with Crippen molar-refractivity contribution in [3.8, 4) is 23.0 Å². The summed E-state index contributed by atoms with van der Waals surface area (Å²) in [5, 5.41) is 16.8. The van der Waals surface area contributed by atoms with Crippen LogP contribution in [0.5, 0.6) is 11.6 Å². The van der Waals surface area contributed by atoms with Crippen LogP contribution in [0.4, 0.5) is 0 Å². The van der Waals surface area contributed by atoms with Crippen LogP contribution in [-0.4, -0.2) is 44.7 Å². The Morgan fingerprint density at radius 1 is 1.08 bits per heavy atom. The van der Waals surface area contributed by atoms with Gasteiger partial charge in [-0.2, -0.15) is 15.9 Å². The van der Waals surface area contributed by atoms with Gasteiger partial charge in [-0.05, 0) is 41.8 Å². The molecule has 0 fully saturated rings. The van der Waals surface area contributed by atoms with Crippen LogP contribution < -0.4 is 4.74 Å². The van der Waals surface area contributed by atoms with Crippen LogP contribution in [-0.2, 0) is 0 Å². The minimum atomic E-state index is -0.0546. The lowest BCUT2D eigenvalue weighted by molar-refractivity contribution is 0.0827. The first-order chi connectivity index (χ1) is 12.6. The van der Waals surface area contributed by atoms with E-state index in [1.165, 1.54) is 4.90 Å². The Morgan fingerprint density at radius 3 is 2.58 bits per heavy atom. The number of carbonyl (C=O) groups excluding carboxylic acids is 1. The molecular weight excluding hydrogens is 350 g/mol. The third kappa shape index (κ3) is 3.02. The van der Waals surface area contributed by atoms with Crippen molar-refractivity contribution in [2.24, 2.45) is 0 Å². The molecule has 4 rings (SSSR count). The van der Waals surface area contributed by atoms with Crippen molar-refractivity contribution in [2.75, 3.05) is 14.1 Å². The van der Waals surface area contributed by atoms with Crippen molar-refractivity contribution in [1.29, 1.82) is 0 Å². The van der Waals surface area contributed by atoms with E-state index < -0.39 is 0 Å². The topological polar surface area (TPSA) is 72.6 Å². The van der Waals surface area contributed by atoms with Gasteiger partial charge in [-0.15, -0.1) is 15.3 Å². The van der Waals surface area contributed by atoms with Crippen molar-refractivity contribution < 1.29 is 9.53 Å². The van der Waals surface area contributed by atoms with Crippen molar-refractivity contribution in [1.82, 2.24) is 24.7 Å². The minimum absolute atomic E-state index is 0.0546. The molecule has 0 unspecified atom stereocenters. The van der Waals surface area contributed by atoms with Gasteiger partial charge in [0.2, 0.25) is 5.88 Å². The number of aromatic nitrogens is 4. The first-order valence-corrected chi connectivity index (χ1v) is 8.81. The summed E-state index contributed by atoms with van der Waals surface area (Å²) >= 11 is 1.59. The van der Waals surface area contributed by atoms with Gasteiger partial charge >= 0.3 is 0 Å². The normalized spacial score (nSPS) is 10.8. The number of nitrogens with zero attached hydrogens (tertiary/aromatic N) is 5. The molecule has 1 aromatic carbocycles. The van der Waals surface area contributed by atoms with Crippen molar-refractivity contribution in [3.63, 3.8) is 0 Å². The molecule has 0 spiro atoms. The summed E-state index contributed by atoms with van der Waals surface area (Å²) in [7, 11) is 3.44. The molecule has 3 aromatic heterocycles.